The number of carboxylic acids is 1. The second-order valence-electron chi connectivity index (χ2n) is 4.50. The molecule has 102 valence electrons. The lowest BCUT2D eigenvalue weighted by Crippen LogP contribution is -2.36. The van der Waals surface area contributed by atoms with Crippen molar-refractivity contribution in [3.63, 3.8) is 0 Å². The van der Waals surface area contributed by atoms with Crippen molar-refractivity contribution >= 4 is 29.3 Å². The monoisotopic (exact) mass is 283 g/mol. The number of amides is 1. The van der Waals surface area contributed by atoms with Crippen LogP contribution in [0.15, 0.2) is 12.1 Å². The minimum Gasteiger partial charge on any atom is -0.476 e. The van der Waals surface area contributed by atoms with Gasteiger partial charge in [0, 0.05) is 13.1 Å². The molecule has 2 rings (SSSR count). The smallest absolute Gasteiger partial charge is 0.356 e. The summed E-state index contributed by atoms with van der Waals surface area (Å²) in [6, 6.07) is 3.34. The molecule has 1 aliphatic carbocycles. The number of rotatable bonds is 5. The Morgan fingerprint density at radius 1 is 1.53 bits per heavy atom. The molecule has 0 unspecified atom stereocenters. The van der Waals surface area contributed by atoms with E-state index in [9.17, 15) is 9.59 Å². The van der Waals surface area contributed by atoms with Crippen LogP contribution in [-0.4, -0.2) is 41.6 Å². The maximum Gasteiger partial charge on any atom is 0.356 e. The molecule has 1 aromatic rings. The van der Waals surface area contributed by atoms with E-state index >= 15 is 0 Å². The predicted octanol–water partition coefficient (Wildman–Crippen LogP) is 1.15. The zero-order chi connectivity index (χ0) is 14.0. The zero-order valence-corrected chi connectivity index (χ0v) is 11.1. The number of anilines is 1. The van der Waals surface area contributed by atoms with Crippen molar-refractivity contribution in [2.75, 3.05) is 18.5 Å². The van der Waals surface area contributed by atoms with Crippen LogP contribution in [-0.2, 0) is 4.79 Å². The molecule has 0 saturated heterocycles. The highest BCUT2D eigenvalue weighted by Gasteiger charge is 2.24. The Hall–Kier alpha value is -1.82. The molecule has 0 atom stereocenters. The van der Waals surface area contributed by atoms with Gasteiger partial charge in [0.05, 0.1) is 11.6 Å². The third-order valence-electron chi connectivity index (χ3n) is 2.75. The number of carbonyl (C=O) groups excluding carboxylic acids is 1. The van der Waals surface area contributed by atoms with E-state index in [4.69, 9.17) is 16.7 Å². The quantitative estimate of drug-likeness (QED) is 0.847. The summed E-state index contributed by atoms with van der Waals surface area (Å²) in [7, 11) is 1.67. The molecule has 19 heavy (non-hydrogen) atoms. The molecule has 6 nitrogen and oxygen atoms in total. The Bertz CT molecular complexity index is 517. The molecule has 1 fully saturated rings. The van der Waals surface area contributed by atoms with Crippen LogP contribution in [0, 0.1) is 0 Å². The number of nitrogens with one attached hydrogen (secondary N) is 1. The van der Waals surface area contributed by atoms with Crippen molar-refractivity contribution in [1.29, 1.82) is 0 Å². The fourth-order valence-electron chi connectivity index (χ4n) is 1.59. The van der Waals surface area contributed by atoms with Crippen molar-refractivity contribution in [3.8, 4) is 0 Å². The number of carboxylic acid groups (broad SMARTS) is 1. The minimum atomic E-state index is -1.19. The Kier molecular flexibility index (Phi) is 3.90. The number of hydrogen-bond acceptors (Lipinski definition) is 4. The van der Waals surface area contributed by atoms with Crippen LogP contribution in [0.4, 0.5) is 5.82 Å². The van der Waals surface area contributed by atoms with Crippen LogP contribution >= 0.6 is 11.6 Å². The first kappa shape index (κ1) is 13.6. The lowest BCUT2D eigenvalue weighted by molar-refractivity contribution is -0.119. The van der Waals surface area contributed by atoms with Crippen molar-refractivity contribution in [2.24, 2.45) is 0 Å². The fourth-order valence-corrected chi connectivity index (χ4v) is 1.78. The molecule has 2 N–H and O–H groups in total. The number of carbonyl (C=O) groups is 2. The van der Waals surface area contributed by atoms with Gasteiger partial charge in [0.25, 0.3) is 0 Å². The number of likely N-dealkylation sites (N-methyl/N-ethyl adjacent to an activating group) is 1. The molecule has 0 aliphatic heterocycles. The van der Waals surface area contributed by atoms with E-state index in [1.54, 1.807) is 18.0 Å². The third-order valence-corrected chi connectivity index (χ3v) is 3.05. The molecule has 1 saturated carbocycles. The SMILES string of the molecule is CN(CC(=O)NC1CC1)c1ccc(Cl)c(C(=O)O)n1. The van der Waals surface area contributed by atoms with E-state index in [0.717, 1.165) is 12.8 Å². The summed E-state index contributed by atoms with van der Waals surface area (Å²) >= 11 is 5.74. The summed E-state index contributed by atoms with van der Waals surface area (Å²) in [5.41, 5.74) is -0.214. The van der Waals surface area contributed by atoms with E-state index in [0.29, 0.717) is 11.9 Å². The first-order valence-corrected chi connectivity index (χ1v) is 6.25. The standard InChI is InChI=1S/C12H14ClN3O3/c1-16(6-10(17)14-7-2-3-7)9-5-4-8(13)11(15-9)12(18)19/h4-5,7H,2-3,6H2,1H3,(H,14,17)(H,18,19). The number of nitrogens with zero attached hydrogens (tertiary/aromatic N) is 2. The molecule has 1 aromatic heterocycles. The van der Waals surface area contributed by atoms with Gasteiger partial charge in [-0.1, -0.05) is 11.6 Å². The average Bonchev–Trinajstić information content (AvgIpc) is 3.12. The maximum absolute atomic E-state index is 11.6. The van der Waals surface area contributed by atoms with Crippen molar-refractivity contribution in [1.82, 2.24) is 10.3 Å². The maximum atomic E-state index is 11.6. The van der Waals surface area contributed by atoms with Crippen molar-refractivity contribution < 1.29 is 14.7 Å². The van der Waals surface area contributed by atoms with E-state index in [1.165, 1.54) is 6.07 Å². The van der Waals surface area contributed by atoms with Gasteiger partial charge in [0.2, 0.25) is 5.91 Å². The van der Waals surface area contributed by atoms with Gasteiger partial charge in [0.15, 0.2) is 5.69 Å². The van der Waals surface area contributed by atoms with Crippen LogP contribution in [0.5, 0.6) is 0 Å². The van der Waals surface area contributed by atoms with E-state index < -0.39 is 5.97 Å². The molecule has 1 amide bonds. The molecule has 0 spiro atoms. The number of pyridine rings is 1. The molecule has 0 radical (unpaired) electrons. The summed E-state index contributed by atoms with van der Waals surface area (Å²) in [5.74, 6) is -0.894. The normalized spacial score (nSPS) is 14.0. The highest BCUT2D eigenvalue weighted by atomic mass is 35.5. The van der Waals surface area contributed by atoms with E-state index in [1.807, 2.05) is 0 Å². The van der Waals surface area contributed by atoms with Gasteiger partial charge in [-0.2, -0.15) is 0 Å². The largest absolute Gasteiger partial charge is 0.476 e. The molecule has 0 aromatic carbocycles. The number of halogens is 1. The second kappa shape index (κ2) is 5.44. The topological polar surface area (TPSA) is 82.5 Å². The highest BCUT2D eigenvalue weighted by Crippen LogP contribution is 2.20. The van der Waals surface area contributed by atoms with Crippen molar-refractivity contribution in [2.45, 2.75) is 18.9 Å². The molecular weight excluding hydrogens is 270 g/mol. The summed E-state index contributed by atoms with van der Waals surface area (Å²) in [6.07, 6.45) is 2.05. The second-order valence-corrected chi connectivity index (χ2v) is 4.91. The Labute approximate surface area is 115 Å². The van der Waals surface area contributed by atoms with Crippen LogP contribution in [0.1, 0.15) is 23.3 Å². The van der Waals surface area contributed by atoms with E-state index in [2.05, 4.69) is 10.3 Å². The van der Waals surface area contributed by atoms with Gasteiger partial charge in [0.1, 0.15) is 5.82 Å². The first-order chi connectivity index (χ1) is 8.97. The number of aromatic carboxylic acids is 1. The summed E-state index contributed by atoms with van der Waals surface area (Å²) < 4.78 is 0. The molecule has 1 heterocycles. The first-order valence-electron chi connectivity index (χ1n) is 5.87. The summed E-state index contributed by atoms with van der Waals surface area (Å²) in [4.78, 5) is 28.1. The van der Waals surface area contributed by atoms with Crippen LogP contribution in [0.3, 0.4) is 0 Å². The molecule has 1 aliphatic rings. The summed E-state index contributed by atoms with van der Waals surface area (Å²) in [5, 5.41) is 11.9. The lowest BCUT2D eigenvalue weighted by atomic mass is 10.3. The van der Waals surface area contributed by atoms with Crippen molar-refractivity contribution in [3.05, 3.63) is 22.8 Å². The van der Waals surface area contributed by atoms with Crippen LogP contribution in [0.25, 0.3) is 0 Å². The molecule has 7 heteroatoms. The molecular formula is C12H14ClN3O3. The predicted molar refractivity (Wildman–Crippen MR) is 70.6 cm³/mol. The average molecular weight is 284 g/mol. The zero-order valence-electron chi connectivity index (χ0n) is 10.4. The lowest BCUT2D eigenvalue weighted by Gasteiger charge is -2.18. The summed E-state index contributed by atoms with van der Waals surface area (Å²) in [6.45, 7) is 0.129. The van der Waals surface area contributed by atoms with Crippen LogP contribution < -0.4 is 10.2 Å². The van der Waals surface area contributed by atoms with Gasteiger partial charge in [-0.15, -0.1) is 0 Å². The van der Waals surface area contributed by atoms with Crippen LogP contribution in [0.2, 0.25) is 5.02 Å². The Balaban J connectivity index is 2.05. The number of aromatic nitrogens is 1. The fraction of sp³-hybridized carbons (Fsp3) is 0.417. The minimum absolute atomic E-state index is 0.0760. The number of hydrogen-bond donors (Lipinski definition) is 2. The van der Waals surface area contributed by atoms with Gasteiger partial charge in [-0.3, -0.25) is 4.79 Å². The Morgan fingerprint density at radius 3 is 2.79 bits per heavy atom. The highest BCUT2D eigenvalue weighted by molar-refractivity contribution is 6.33. The third kappa shape index (κ3) is 3.57. The van der Waals surface area contributed by atoms with Gasteiger partial charge >= 0.3 is 5.97 Å². The van der Waals surface area contributed by atoms with Gasteiger partial charge < -0.3 is 15.3 Å². The van der Waals surface area contributed by atoms with E-state index in [-0.39, 0.29) is 23.2 Å². The van der Waals surface area contributed by atoms with Gasteiger partial charge in [-0.25, -0.2) is 9.78 Å². The molecule has 0 bridgehead atoms. The Morgan fingerprint density at radius 2 is 2.21 bits per heavy atom. The van der Waals surface area contributed by atoms with Gasteiger partial charge in [-0.05, 0) is 25.0 Å².